The number of hydrogen-bond acceptors (Lipinski definition) is 3. The molecule has 0 bridgehead atoms. The van der Waals surface area contributed by atoms with E-state index in [4.69, 9.17) is 0 Å². The Morgan fingerprint density at radius 2 is 1.79 bits per heavy atom. The van der Waals surface area contributed by atoms with E-state index in [1.165, 1.54) is 24.0 Å². The molecule has 24 heavy (non-hydrogen) atoms. The highest BCUT2D eigenvalue weighted by molar-refractivity contribution is 5.77. The summed E-state index contributed by atoms with van der Waals surface area (Å²) in [5, 5.41) is 13.5. The molecule has 1 heterocycles. The number of aliphatic hydroxyl groups is 1. The van der Waals surface area contributed by atoms with E-state index in [-0.39, 0.29) is 18.4 Å². The summed E-state index contributed by atoms with van der Waals surface area (Å²) in [5.41, 5.74) is 1.76. The lowest BCUT2D eigenvalue weighted by Gasteiger charge is -2.29. The average Bonchev–Trinajstić information content (AvgIpc) is 3.21. The lowest BCUT2D eigenvalue weighted by molar-refractivity contribution is -0.126. The molecule has 1 saturated carbocycles. The maximum Gasteiger partial charge on any atom is 0.222 e. The lowest BCUT2D eigenvalue weighted by Crippen LogP contribution is -2.40. The zero-order chi connectivity index (χ0) is 17.0. The Hall–Kier alpha value is -1.39. The molecule has 1 aliphatic carbocycles. The van der Waals surface area contributed by atoms with Gasteiger partial charge in [-0.25, -0.2) is 0 Å². The van der Waals surface area contributed by atoms with E-state index in [1.807, 2.05) is 0 Å². The molecule has 3 rings (SSSR count). The van der Waals surface area contributed by atoms with Gasteiger partial charge in [-0.3, -0.25) is 9.69 Å². The van der Waals surface area contributed by atoms with Crippen molar-refractivity contribution in [3.05, 3.63) is 35.4 Å². The molecule has 4 heteroatoms. The molecule has 2 aliphatic rings. The summed E-state index contributed by atoms with van der Waals surface area (Å²) in [6.45, 7) is 4.91. The summed E-state index contributed by atoms with van der Waals surface area (Å²) in [5.74, 6) is -0.0179. The Bertz CT molecular complexity index is 543. The third kappa shape index (κ3) is 4.37. The van der Waals surface area contributed by atoms with Crippen molar-refractivity contribution in [2.45, 2.75) is 63.5 Å². The van der Waals surface area contributed by atoms with Gasteiger partial charge in [-0.1, -0.05) is 42.7 Å². The van der Waals surface area contributed by atoms with Crippen LogP contribution in [0.2, 0.25) is 0 Å². The summed E-state index contributed by atoms with van der Waals surface area (Å²) in [6.07, 6.45) is 6.29. The van der Waals surface area contributed by atoms with Gasteiger partial charge in [0.05, 0.1) is 18.1 Å². The van der Waals surface area contributed by atoms with Gasteiger partial charge in [0.15, 0.2) is 0 Å². The van der Waals surface area contributed by atoms with E-state index in [1.54, 1.807) is 0 Å². The van der Waals surface area contributed by atoms with Gasteiger partial charge >= 0.3 is 0 Å². The highest BCUT2D eigenvalue weighted by Gasteiger charge is 2.33. The van der Waals surface area contributed by atoms with Gasteiger partial charge in [-0.05, 0) is 51.3 Å². The van der Waals surface area contributed by atoms with E-state index < -0.39 is 5.60 Å². The van der Waals surface area contributed by atoms with Crippen molar-refractivity contribution in [1.82, 2.24) is 10.2 Å². The zero-order valence-corrected chi connectivity index (χ0v) is 14.8. The van der Waals surface area contributed by atoms with Crippen LogP contribution in [0.3, 0.4) is 0 Å². The molecule has 0 radical (unpaired) electrons. The highest BCUT2D eigenvalue weighted by Crippen LogP contribution is 2.32. The van der Waals surface area contributed by atoms with Gasteiger partial charge < -0.3 is 10.4 Å². The number of nitrogens with zero attached hydrogens (tertiary/aromatic N) is 1. The van der Waals surface area contributed by atoms with Crippen LogP contribution in [-0.4, -0.2) is 41.1 Å². The minimum Gasteiger partial charge on any atom is -0.389 e. The Morgan fingerprint density at radius 1 is 1.17 bits per heavy atom. The second-order valence-electron chi connectivity index (χ2n) is 7.58. The van der Waals surface area contributed by atoms with Gasteiger partial charge in [0.1, 0.15) is 0 Å². The molecular formula is C20H30N2O2. The van der Waals surface area contributed by atoms with E-state index >= 15 is 0 Å². The topological polar surface area (TPSA) is 52.6 Å². The first-order valence-corrected chi connectivity index (χ1v) is 9.35. The van der Waals surface area contributed by atoms with Crippen molar-refractivity contribution in [3.8, 4) is 0 Å². The van der Waals surface area contributed by atoms with Crippen LogP contribution < -0.4 is 5.32 Å². The first-order chi connectivity index (χ1) is 11.6. The first-order valence-electron chi connectivity index (χ1n) is 9.35. The molecule has 1 atom stereocenters. The summed E-state index contributed by atoms with van der Waals surface area (Å²) in [6, 6.07) is 8.86. The molecule has 0 aromatic heterocycles. The van der Waals surface area contributed by atoms with Gasteiger partial charge in [-0.2, -0.15) is 0 Å². The van der Waals surface area contributed by atoms with Crippen LogP contribution in [0.15, 0.2) is 24.3 Å². The summed E-state index contributed by atoms with van der Waals surface area (Å²) in [7, 11) is 0. The number of amides is 1. The second kappa shape index (κ2) is 7.66. The SMILES string of the molecule is Cc1ccc(C(CNC(=O)CC2(O)CCCC2)N2CCCC2)cc1. The van der Waals surface area contributed by atoms with Crippen LogP contribution in [0, 0.1) is 6.92 Å². The molecule has 1 aromatic carbocycles. The van der Waals surface area contributed by atoms with Crippen LogP contribution in [0.25, 0.3) is 0 Å². The normalized spacial score (nSPS) is 21.8. The Balaban J connectivity index is 1.61. The van der Waals surface area contributed by atoms with Crippen molar-refractivity contribution < 1.29 is 9.90 Å². The van der Waals surface area contributed by atoms with Crippen molar-refractivity contribution in [2.24, 2.45) is 0 Å². The van der Waals surface area contributed by atoms with Crippen LogP contribution in [-0.2, 0) is 4.79 Å². The molecule has 132 valence electrons. The molecule has 2 fully saturated rings. The van der Waals surface area contributed by atoms with Crippen LogP contribution in [0.5, 0.6) is 0 Å². The fourth-order valence-electron chi connectivity index (χ4n) is 4.08. The van der Waals surface area contributed by atoms with Crippen molar-refractivity contribution >= 4 is 5.91 Å². The molecule has 1 amide bonds. The Labute approximate surface area is 145 Å². The number of carbonyl (C=O) groups excluding carboxylic acids is 1. The third-order valence-electron chi connectivity index (χ3n) is 5.56. The van der Waals surface area contributed by atoms with E-state index in [9.17, 15) is 9.90 Å². The van der Waals surface area contributed by atoms with Gasteiger partial charge in [0.2, 0.25) is 5.91 Å². The number of nitrogens with one attached hydrogen (secondary N) is 1. The molecule has 1 aromatic rings. The van der Waals surface area contributed by atoms with Crippen LogP contribution >= 0.6 is 0 Å². The summed E-state index contributed by atoms with van der Waals surface area (Å²) >= 11 is 0. The predicted molar refractivity (Wildman–Crippen MR) is 95.8 cm³/mol. The van der Waals surface area contributed by atoms with Crippen molar-refractivity contribution in [1.29, 1.82) is 0 Å². The fourth-order valence-corrected chi connectivity index (χ4v) is 4.08. The summed E-state index contributed by atoms with van der Waals surface area (Å²) in [4.78, 5) is 14.8. The molecule has 2 N–H and O–H groups in total. The van der Waals surface area contributed by atoms with E-state index in [0.717, 1.165) is 38.8 Å². The van der Waals surface area contributed by atoms with Crippen LogP contribution in [0.4, 0.5) is 0 Å². The molecule has 0 spiro atoms. The Kier molecular flexibility index (Phi) is 5.57. The highest BCUT2D eigenvalue weighted by atomic mass is 16.3. The molecule has 1 aliphatic heterocycles. The van der Waals surface area contributed by atoms with E-state index in [0.29, 0.717) is 6.54 Å². The second-order valence-corrected chi connectivity index (χ2v) is 7.58. The number of carbonyl (C=O) groups is 1. The molecule has 1 saturated heterocycles. The number of likely N-dealkylation sites (tertiary alicyclic amines) is 1. The maximum atomic E-state index is 12.3. The van der Waals surface area contributed by atoms with Crippen LogP contribution in [0.1, 0.15) is 62.1 Å². The van der Waals surface area contributed by atoms with E-state index in [2.05, 4.69) is 41.4 Å². The smallest absolute Gasteiger partial charge is 0.222 e. The monoisotopic (exact) mass is 330 g/mol. The average molecular weight is 330 g/mol. The third-order valence-corrected chi connectivity index (χ3v) is 5.56. The fraction of sp³-hybridized carbons (Fsp3) is 0.650. The predicted octanol–water partition coefficient (Wildman–Crippen LogP) is 2.94. The van der Waals surface area contributed by atoms with Crippen molar-refractivity contribution in [3.63, 3.8) is 0 Å². The molecule has 1 unspecified atom stereocenters. The van der Waals surface area contributed by atoms with Gasteiger partial charge in [-0.15, -0.1) is 0 Å². The first kappa shape index (κ1) is 17.4. The van der Waals surface area contributed by atoms with Gasteiger partial charge in [0.25, 0.3) is 0 Å². The molecular weight excluding hydrogens is 300 g/mol. The zero-order valence-electron chi connectivity index (χ0n) is 14.8. The number of hydrogen-bond donors (Lipinski definition) is 2. The lowest BCUT2D eigenvalue weighted by atomic mass is 9.97. The number of aryl methyl sites for hydroxylation is 1. The molecule has 4 nitrogen and oxygen atoms in total. The standard InChI is InChI=1S/C20H30N2O2/c1-16-6-8-17(9-7-16)18(22-12-4-5-13-22)15-21-19(23)14-20(24)10-2-3-11-20/h6-9,18,24H,2-5,10-15H2,1H3,(H,21,23). The Morgan fingerprint density at radius 3 is 2.42 bits per heavy atom. The summed E-state index contributed by atoms with van der Waals surface area (Å²) < 4.78 is 0. The minimum atomic E-state index is -0.767. The van der Waals surface area contributed by atoms with Crippen molar-refractivity contribution in [2.75, 3.05) is 19.6 Å². The maximum absolute atomic E-state index is 12.3. The quantitative estimate of drug-likeness (QED) is 0.843. The minimum absolute atomic E-state index is 0.0179. The largest absolute Gasteiger partial charge is 0.389 e. The van der Waals surface area contributed by atoms with Gasteiger partial charge in [0, 0.05) is 6.54 Å². The number of benzene rings is 1. The number of rotatable bonds is 6.